The lowest BCUT2D eigenvalue weighted by atomic mass is 9.82. The highest BCUT2D eigenvalue weighted by Crippen LogP contribution is 2.49. The summed E-state index contributed by atoms with van der Waals surface area (Å²) >= 11 is 0. The highest BCUT2D eigenvalue weighted by Gasteiger charge is 2.49. The molecule has 0 aromatic heterocycles. The normalized spacial score (nSPS) is 21.3. The maximum atomic E-state index is 14.0. The minimum absolute atomic E-state index is 0.0396. The third-order valence-electron chi connectivity index (χ3n) is 11.6. The van der Waals surface area contributed by atoms with Crippen LogP contribution < -0.4 is 16.0 Å². The predicted molar refractivity (Wildman–Crippen MR) is 219 cm³/mol. The van der Waals surface area contributed by atoms with Crippen LogP contribution in [0.5, 0.6) is 0 Å². The van der Waals surface area contributed by atoms with Gasteiger partial charge in [0.25, 0.3) is 11.8 Å². The van der Waals surface area contributed by atoms with Gasteiger partial charge in [-0.15, -0.1) is 0 Å². The summed E-state index contributed by atoms with van der Waals surface area (Å²) in [5.74, 6) is -2.74. The van der Waals surface area contributed by atoms with Gasteiger partial charge in [-0.25, -0.2) is 8.42 Å². The number of imide groups is 2. The number of fused-ring (bicyclic) bond motifs is 4. The molecule has 312 valence electrons. The van der Waals surface area contributed by atoms with Gasteiger partial charge in [0.2, 0.25) is 27.7 Å². The molecule has 4 atom stereocenters. The molecule has 16 heteroatoms. The Hall–Kier alpha value is -5.78. The fourth-order valence-electron chi connectivity index (χ4n) is 8.65. The van der Waals surface area contributed by atoms with Crippen LogP contribution in [0.15, 0.2) is 89.8 Å². The first-order chi connectivity index (χ1) is 28.9. The summed E-state index contributed by atoms with van der Waals surface area (Å²) in [6, 6.07) is 23.1. The smallest absolute Gasteiger partial charge is 0.262 e. The largest absolute Gasteiger partial charge is 0.394 e. The Morgan fingerprint density at radius 3 is 2.43 bits per heavy atom. The van der Waals surface area contributed by atoms with Gasteiger partial charge in [0.05, 0.1) is 54.5 Å². The van der Waals surface area contributed by atoms with E-state index in [1.807, 2.05) is 43.3 Å². The summed E-state index contributed by atoms with van der Waals surface area (Å²) in [4.78, 5) is 64.4. The van der Waals surface area contributed by atoms with Gasteiger partial charge in [0.1, 0.15) is 12.6 Å². The number of rotatable bonds is 14. The minimum Gasteiger partial charge on any atom is -0.394 e. The van der Waals surface area contributed by atoms with Crippen molar-refractivity contribution < 1.29 is 47.0 Å². The molecule has 0 aliphatic carbocycles. The zero-order valence-corrected chi connectivity index (χ0v) is 33.7. The Morgan fingerprint density at radius 1 is 0.883 bits per heavy atom. The molecule has 60 heavy (non-hydrogen) atoms. The van der Waals surface area contributed by atoms with Crippen LogP contribution in [0.1, 0.15) is 62.7 Å². The standard InChI is InChI=1S/C44H45N5O10S/c1-26-8-11-31(12-9-26)60(56,57)48-18-16-32-36(24-50)46-35-13-10-29(23-34(35)41(32)48)28-5-2-6-30(22-28)45-39(52)25-59-21-20-58-19-17-27-4-3-7-33-40(27)44(55)49(43(33)54)37-14-15-38(51)47-42(37)53/h2-13,22-23,32,36-37,41,46,50H,14-21,24-25H2,1H3,(H,45,52)(H,47,51,53)/t32-,36+,37?,41-/m1/s1. The fraction of sp³-hybridized carbons (Fsp3) is 0.341. The molecule has 15 nitrogen and oxygen atoms in total. The second-order valence-corrected chi connectivity index (χ2v) is 17.3. The summed E-state index contributed by atoms with van der Waals surface area (Å²) in [5, 5.41) is 18.7. The number of piperidine rings is 1. The van der Waals surface area contributed by atoms with Crippen LogP contribution in [0, 0.1) is 12.8 Å². The van der Waals surface area contributed by atoms with Crippen LogP contribution in [0.25, 0.3) is 11.1 Å². The van der Waals surface area contributed by atoms with Gasteiger partial charge in [-0.1, -0.05) is 48.0 Å². The number of anilines is 2. The number of aliphatic hydroxyl groups is 1. The van der Waals surface area contributed by atoms with E-state index in [4.69, 9.17) is 9.47 Å². The maximum Gasteiger partial charge on any atom is 0.262 e. The second kappa shape index (κ2) is 17.1. The number of benzene rings is 4. The summed E-state index contributed by atoms with van der Waals surface area (Å²) in [6.07, 6.45) is 1.03. The van der Waals surface area contributed by atoms with E-state index in [9.17, 15) is 37.5 Å². The van der Waals surface area contributed by atoms with Gasteiger partial charge in [-0.05, 0) is 90.9 Å². The maximum absolute atomic E-state index is 14.0. The molecule has 4 heterocycles. The van der Waals surface area contributed by atoms with Crippen LogP contribution in [0.4, 0.5) is 11.4 Å². The molecule has 0 bridgehead atoms. The number of nitrogens with one attached hydrogen (secondary N) is 3. The molecule has 2 fully saturated rings. The Balaban J connectivity index is 0.843. The predicted octanol–water partition coefficient (Wildman–Crippen LogP) is 3.82. The summed E-state index contributed by atoms with van der Waals surface area (Å²) in [7, 11) is -3.82. The van der Waals surface area contributed by atoms with Gasteiger partial charge in [0.15, 0.2) is 0 Å². The van der Waals surface area contributed by atoms with Crippen molar-refractivity contribution in [2.45, 2.75) is 55.6 Å². The number of hydrogen-bond donors (Lipinski definition) is 4. The minimum atomic E-state index is -3.82. The molecule has 0 saturated carbocycles. The molecular weight excluding hydrogens is 791 g/mol. The fourth-order valence-corrected chi connectivity index (χ4v) is 10.3. The molecular formula is C44H45N5O10S. The van der Waals surface area contributed by atoms with Crippen molar-refractivity contribution in [1.29, 1.82) is 0 Å². The molecule has 4 aliphatic heterocycles. The topological polar surface area (TPSA) is 201 Å². The van der Waals surface area contributed by atoms with E-state index >= 15 is 0 Å². The third-order valence-corrected chi connectivity index (χ3v) is 13.5. The van der Waals surface area contributed by atoms with Crippen molar-refractivity contribution >= 4 is 50.9 Å². The van der Waals surface area contributed by atoms with Gasteiger partial charge in [-0.2, -0.15) is 4.31 Å². The average Bonchev–Trinajstić information content (AvgIpc) is 3.80. The number of sulfonamides is 1. The van der Waals surface area contributed by atoms with E-state index in [0.29, 0.717) is 30.6 Å². The number of aryl methyl sites for hydroxylation is 1. The molecule has 4 aromatic rings. The molecule has 0 spiro atoms. The molecule has 4 aliphatic rings. The van der Waals surface area contributed by atoms with Crippen molar-refractivity contribution in [2.75, 3.05) is 50.2 Å². The van der Waals surface area contributed by atoms with Crippen LogP contribution in [-0.2, 0) is 40.3 Å². The van der Waals surface area contributed by atoms with Crippen molar-refractivity contribution in [1.82, 2.24) is 14.5 Å². The molecule has 2 saturated heterocycles. The Morgan fingerprint density at radius 2 is 1.65 bits per heavy atom. The number of nitrogens with zero attached hydrogens (tertiary/aromatic N) is 2. The molecule has 5 amide bonds. The molecule has 0 radical (unpaired) electrons. The molecule has 1 unspecified atom stereocenters. The monoisotopic (exact) mass is 835 g/mol. The van der Waals surface area contributed by atoms with Crippen LogP contribution in [-0.4, -0.2) is 104 Å². The average molecular weight is 836 g/mol. The van der Waals surface area contributed by atoms with Crippen molar-refractivity contribution in [3.8, 4) is 11.1 Å². The number of carbonyl (C=O) groups excluding carboxylic acids is 5. The van der Waals surface area contributed by atoms with Gasteiger partial charge in [0, 0.05) is 30.3 Å². The van der Waals surface area contributed by atoms with Gasteiger partial charge in [-0.3, -0.25) is 34.2 Å². The van der Waals surface area contributed by atoms with Crippen LogP contribution >= 0.6 is 0 Å². The van der Waals surface area contributed by atoms with E-state index in [1.54, 1.807) is 52.8 Å². The summed E-state index contributed by atoms with van der Waals surface area (Å²) in [5.41, 5.74) is 5.80. The molecule has 8 rings (SSSR count). The number of aliphatic hydroxyl groups excluding tert-OH is 1. The molecule has 4 aromatic carbocycles. The van der Waals surface area contributed by atoms with E-state index in [0.717, 1.165) is 32.8 Å². The Labute approximate surface area is 347 Å². The van der Waals surface area contributed by atoms with Crippen LogP contribution in [0.2, 0.25) is 0 Å². The number of carbonyl (C=O) groups is 5. The van der Waals surface area contributed by atoms with E-state index in [1.165, 1.54) is 0 Å². The first kappa shape index (κ1) is 41.0. The van der Waals surface area contributed by atoms with Crippen LogP contribution in [0.3, 0.4) is 0 Å². The lowest BCUT2D eigenvalue weighted by molar-refractivity contribution is -0.136. The van der Waals surface area contributed by atoms with Crippen molar-refractivity contribution in [3.63, 3.8) is 0 Å². The second-order valence-electron chi connectivity index (χ2n) is 15.4. The lowest BCUT2D eigenvalue weighted by Crippen LogP contribution is -2.54. The van der Waals surface area contributed by atoms with Crippen molar-refractivity contribution in [3.05, 3.63) is 113 Å². The van der Waals surface area contributed by atoms with Gasteiger partial charge < -0.3 is 25.2 Å². The zero-order chi connectivity index (χ0) is 42.1. The first-order valence-corrected chi connectivity index (χ1v) is 21.4. The lowest BCUT2D eigenvalue weighted by Gasteiger charge is -2.39. The highest BCUT2D eigenvalue weighted by molar-refractivity contribution is 7.89. The Bertz CT molecular complexity index is 2480. The molecule has 4 N–H and O–H groups in total. The third kappa shape index (κ3) is 7.96. The van der Waals surface area contributed by atoms with Crippen molar-refractivity contribution in [2.24, 2.45) is 5.92 Å². The van der Waals surface area contributed by atoms with E-state index in [-0.39, 0.29) is 79.8 Å². The summed E-state index contributed by atoms with van der Waals surface area (Å²) < 4.78 is 40.8. The van der Waals surface area contributed by atoms with E-state index < -0.39 is 45.7 Å². The zero-order valence-electron chi connectivity index (χ0n) is 32.9. The quantitative estimate of drug-likeness (QED) is 0.106. The van der Waals surface area contributed by atoms with Gasteiger partial charge >= 0.3 is 0 Å². The highest BCUT2D eigenvalue weighted by atomic mass is 32.2. The van der Waals surface area contributed by atoms with E-state index in [2.05, 4.69) is 16.0 Å². The Kier molecular flexibility index (Phi) is 11.7. The summed E-state index contributed by atoms with van der Waals surface area (Å²) in [6.45, 7) is 2.40. The number of hydrogen-bond acceptors (Lipinski definition) is 11. The number of ether oxygens (including phenoxy) is 2. The number of amides is 5. The first-order valence-electron chi connectivity index (χ1n) is 19.9. The SMILES string of the molecule is Cc1ccc(S(=O)(=O)N2CC[C@@H]3[C@H](CO)Nc4ccc(-c5cccc(NC(=O)COCCOCCc6cccc7c6C(=O)N(C6CCC(=O)NC6=O)C7=O)c5)cc4[C@@H]32)cc1.